The number of hydrogen-bond donors (Lipinski definition) is 1. The molecular weight excluding hydrogens is 350 g/mol. The molecule has 1 N–H and O–H groups in total. The Balaban J connectivity index is 1.67. The summed E-state index contributed by atoms with van der Waals surface area (Å²) in [6.07, 6.45) is 6.56. The van der Waals surface area contributed by atoms with Crippen molar-refractivity contribution in [2.24, 2.45) is 7.05 Å². The van der Waals surface area contributed by atoms with Gasteiger partial charge in [0.1, 0.15) is 5.69 Å². The highest BCUT2D eigenvalue weighted by Gasteiger charge is 2.36. The summed E-state index contributed by atoms with van der Waals surface area (Å²) in [5.74, 6) is -0.0519. The average Bonchev–Trinajstić information content (AvgIpc) is 3.35. The smallest absolute Gasteiger partial charge is 0.252 e. The number of nitrogens with one attached hydrogen (secondary N) is 1. The summed E-state index contributed by atoms with van der Waals surface area (Å²) in [6, 6.07) is 11.6. The maximum atomic E-state index is 13.2. The van der Waals surface area contributed by atoms with Gasteiger partial charge < -0.3 is 10.2 Å². The molecule has 0 bridgehead atoms. The second-order valence-electron chi connectivity index (χ2n) is 7.96. The molecule has 6 nitrogen and oxygen atoms in total. The second kappa shape index (κ2) is 7.36. The van der Waals surface area contributed by atoms with Gasteiger partial charge in [-0.05, 0) is 45.1 Å². The normalized spacial score (nSPS) is 16.0. The van der Waals surface area contributed by atoms with E-state index in [1.54, 1.807) is 4.68 Å². The SMILES string of the molecule is CN(C)C1(CNC(=O)c2cc(-c3ccn(C)n3)nc3ccccc23)CCCC1. The van der Waals surface area contributed by atoms with Crippen LogP contribution in [0.5, 0.6) is 0 Å². The summed E-state index contributed by atoms with van der Waals surface area (Å²) in [4.78, 5) is 20.2. The Bertz CT molecular complexity index is 1000. The number of aryl methyl sites for hydroxylation is 1. The van der Waals surface area contributed by atoms with Crippen LogP contribution in [0.1, 0.15) is 36.0 Å². The lowest BCUT2D eigenvalue weighted by Crippen LogP contribution is -2.50. The Labute approximate surface area is 165 Å². The van der Waals surface area contributed by atoms with Crippen molar-refractivity contribution in [3.63, 3.8) is 0 Å². The van der Waals surface area contributed by atoms with E-state index in [1.807, 2.05) is 49.6 Å². The highest BCUT2D eigenvalue weighted by molar-refractivity contribution is 6.07. The van der Waals surface area contributed by atoms with E-state index in [9.17, 15) is 4.79 Å². The van der Waals surface area contributed by atoms with Gasteiger partial charge in [-0.25, -0.2) is 4.98 Å². The number of aromatic nitrogens is 3. The molecule has 1 fully saturated rings. The Morgan fingerprint density at radius 1 is 1.18 bits per heavy atom. The number of carbonyl (C=O) groups excluding carboxylic acids is 1. The fraction of sp³-hybridized carbons (Fsp3) is 0.409. The van der Waals surface area contributed by atoms with Crippen molar-refractivity contribution < 1.29 is 4.79 Å². The number of carbonyl (C=O) groups is 1. The van der Waals surface area contributed by atoms with Crippen molar-refractivity contribution >= 4 is 16.8 Å². The Morgan fingerprint density at radius 3 is 2.61 bits per heavy atom. The molecule has 0 aliphatic heterocycles. The molecule has 1 saturated carbocycles. The van der Waals surface area contributed by atoms with Gasteiger partial charge >= 0.3 is 0 Å². The largest absolute Gasteiger partial charge is 0.350 e. The first-order chi connectivity index (χ1) is 13.5. The molecule has 1 aromatic carbocycles. The fourth-order valence-corrected chi connectivity index (χ4v) is 4.20. The van der Waals surface area contributed by atoms with Crippen LogP contribution >= 0.6 is 0 Å². The van der Waals surface area contributed by atoms with Crippen LogP contribution in [-0.4, -0.2) is 51.8 Å². The summed E-state index contributed by atoms with van der Waals surface area (Å²) in [7, 11) is 6.09. The number of fused-ring (bicyclic) bond motifs is 1. The van der Waals surface area contributed by atoms with Crippen LogP contribution in [0.4, 0.5) is 0 Å². The van der Waals surface area contributed by atoms with Crippen molar-refractivity contribution in [1.82, 2.24) is 25.0 Å². The fourth-order valence-electron chi connectivity index (χ4n) is 4.20. The molecule has 28 heavy (non-hydrogen) atoms. The quantitative estimate of drug-likeness (QED) is 0.741. The zero-order valence-electron chi connectivity index (χ0n) is 16.8. The van der Waals surface area contributed by atoms with Crippen LogP contribution in [0, 0.1) is 0 Å². The monoisotopic (exact) mass is 377 g/mol. The number of amides is 1. The zero-order chi connectivity index (χ0) is 19.7. The van der Waals surface area contributed by atoms with Gasteiger partial charge in [0, 0.05) is 30.7 Å². The lowest BCUT2D eigenvalue weighted by molar-refractivity contribution is 0.0901. The lowest BCUT2D eigenvalue weighted by atomic mass is 9.95. The van der Waals surface area contributed by atoms with Crippen LogP contribution in [0.3, 0.4) is 0 Å². The third kappa shape index (κ3) is 3.40. The number of nitrogens with zero attached hydrogens (tertiary/aromatic N) is 4. The lowest BCUT2D eigenvalue weighted by Gasteiger charge is -2.36. The van der Waals surface area contributed by atoms with Crippen LogP contribution in [0.15, 0.2) is 42.6 Å². The number of pyridine rings is 1. The first-order valence-electron chi connectivity index (χ1n) is 9.84. The topological polar surface area (TPSA) is 63.1 Å². The number of rotatable bonds is 5. The molecule has 0 unspecified atom stereocenters. The summed E-state index contributed by atoms with van der Waals surface area (Å²) >= 11 is 0. The number of para-hydroxylation sites is 1. The highest BCUT2D eigenvalue weighted by Crippen LogP contribution is 2.33. The number of likely N-dealkylation sites (N-methyl/N-ethyl adjacent to an activating group) is 1. The van der Waals surface area contributed by atoms with Gasteiger partial charge in [-0.1, -0.05) is 31.0 Å². The highest BCUT2D eigenvalue weighted by atomic mass is 16.1. The molecule has 1 aliphatic rings. The van der Waals surface area contributed by atoms with Crippen LogP contribution in [0.2, 0.25) is 0 Å². The zero-order valence-corrected chi connectivity index (χ0v) is 16.8. The molecule has 0 atom stereocenters. The van der Waals surface area contributed by atoms with E-state index in [4.69, 9.17) is 4.98 Å². The summed E-state index contributed by atoms with van der Waals surface area (Å²) < 4.78 is 1.74. The molecule has 1 aliphatic carbocycles. The third-order valence-electron chi connectivity index (χ3n) is 6.00. The molecule has 0 radical (unpaired) electrons. The van der Waals surface area contributed by atoms with Gasteiger partial charge in [-0.15, -0.1) is 0 Å². The van der Waals surface area contributed by atoms with E-state index in [1.165, 1.54) is 12.8 Å². The van der Waals surface area contributed by atoms with Gasteiger partial charge in [0.05, 0.1) is 16.8 Å². The molecule has 1 amide bonds. The summed E-state index contributed by atoms with van der Waals surface area (Å²) in [5, 5.41) is 8.52. The summed E-state index contributed by atoms with van der Waals surface area (Å²) in [5.41, 5.74) is 3.00. The molecule has 0 saturated heterocycles. The van der Waals surface area contributed by atoms with Gasteiger partial charge in [0.2, 0.25) is 0 Å². The molecule has 3 aromatic rings. The van der Waals surface area contributed by atoms with Gasteiger partial charge in [-0.3, -0.25) is 9.48 Å². The van der Waals surface area contributed by atoms with Crippen molar-refractivity contribution in [2.75, 3.05) is 20.6 Å². The van der Waals surface area contributed by atoms with Crippen molar-refractivity contribution in [1.29, 1.82) is 0 Å². The van der Waals surface area contributed by atoms with Crippen molar-refractivity contribution in [3.05, 3.63) is 48.2 Å². The van der Waals surface area contributed by atoms with E-state index in [0.717, 1.165) is 29.4 Å². The first kappa shape index (κ1) is 18.6. The van der Waals surface area contributed by atoms with E-state index < -0.39 is 0 Å². The Kier molecular flexibility index (Phi) is 4.89. The molecule has 6 heteroatoms. The number of hydrogen-bond acceptors (Lipinski definition) is 4. The minimum atomic E-state index is -0.0519. The Hall–Kier alpha value is -2.73. The van der Waals surface area contributed by atoms with Crippen LogP contribution in [0.25, 0.3) is 22.3 Å². The van der Waals surface area contributed by atoms with E-state index in [2.05, 4.69) is 29.4 Å². The minimum Gasteiger partial charge on any atom is -0.350 e. The maximum absolute atomic E-state index is 13.2. The Morgan fingerprint density at radius 2 is 1.93 bits per heavy atom. The maximum Gasteiger partial charge on any atom is 0.252 e. The predicted molar refractivity (Wildman–Crippen MR) is 111 cm³/mol. The van der Waals surface area contributed by atoms with Crippen LogP contribution in [-0.2, 0) is 7.05 Å². The molecule has 2 aromatic heterocycles. The second-order valence-corrected chi connectivity index (χ2v) is 7.96. The van der Waals surface area contributed by atoms with Gasteiger partial charge in [-0.2, -0.15) is 5.10 Å². The number of benzene rings is 1. The van der Waals surface area contributed by atoms with Crippen LogP contribution < -0.4 is 5.32 Å². The van der Waals surface area contributed by atoms with Gasteiger partial charge in [0.15, 0.2) is 0 Å². The molecular formula is C22H27N5O. The predicted octanol–water partition coefficient (Wildman–Crippen LogP) is 3.24. The van der Waals surface area contributed by atoms with E-state index in [-0.39, 0.29) is 11.4 Å². The summed E-state index contributed by atoms with van der Waals surface area (Å²) in [6.45, 7) is 0.661. The van der Waals surface area contributed by atoms with Crippen molar-refractivity contribution in [3.8, 4) is 11.4 Å². The molecule has 2 heterocycles. The molecule has 4 rings (SSSR count). The van der Waals surface area contributed by atoms with E-state index in [0.29, 0.717) is 17.8 Å². The molecule has 0 spiro atoms. The minimum absolute atomic E-state index is 0.0519. The first-order valence-corrected chi connectivity index (χ1v) is 9.84. The van der Waals surface area contributed by atoms with Gasteiger partial charge in [0.25, 0.3) is 5.91 Å². The molecule has 146 valence electrons. The average molecular weight is 377 g/mol. The third-order valence-corrected chi connectivity index (χ3v) is 6.00. The van der Waals surface area contributed by atoms with E-state index >= 15 is 0 Å². The van der Waals surface area contributed by atoms with Crippen molar-refractivity contribution in [2.45, 2.75) is 31.2 Å². The standard InChI is InChI=1S/C22H27N5O/c1-26(2)22(11-6-7-12-22)15-23-21(28)17-14-20(19-10-13-27(3)25-19)24-18-9-5-4-8-16(17)18/h4-5,8-10,13-14H,6-7,11-12,15H2,1-3H3,(H,23,28).